The lowest BCUT2D eigenvalue weighted by atomic mass is 9.97. The fourth-order valence-electron chi connectivity index (χ4n) is 2.34. The van der Waals surface area contributed by atoms with Crippen LogP contribution in [-0.4, -0.2) is 21.4 Å². The summed E-state index contributed by atoms with van der Waals surface area (Å²) in [5.74, 6) is -0.307. The third kappa shape index (κ3) is 4.11. The van der Waals surface area contributed by atoms with E-state index in [0.29, 0.717) is 6.42 Å². The molecule has 2 aromatic rings. The van der Waals surface area contributed by atoms with E-state index in [4.69, 9.17) is 4.74 Å². The van der Waals surface area contributed by atoms with Crippen LogP contribution >= 0.6 is 15.9 Å². The molecule has 0 aliphatic heterocycles. The number of fused-ring (bicyclic) bond motifs is 1. The number of halogens is 1. The molecule has 5 nitrogen and oxygen atoms in total. The minimum atomic E-state index is -0.910. The highest BCUT2D eigenvalue weighted by Crippen LogP contribution is 2.28. The summed E-state index contributed by atoms with van der Waals surface area (Å²) in [7, 11) is 0. The maximum absolute atomic E-state index is 11.9. The molecular formula is C17H20BrN3O2. The van der Waals surface area contributed by atoms with Crippen molar-refractivity contribution in [2.45, 2.75) is 51.7 Å². The molecule has 2 rings (SSSR count). The number of hydrogen-bond acceptors (Lipinski definition) is 4. The number of ether oxygens (including phenoxy) is 1. The summed E-state index contributed by atoms with van der Waals surface area (Å²) in [5.41, 5.74) is -0.571. The van der Waals surface area contributed by atoms with Gasteiger partial charge in [0.2, 0.25) is 0 Å². The molecule has 0 N–H and O–H groups in total. The minimum Gasteiger partial charge on any atom is -0.460 e. The molecule has 0 spiro atoms. The monoisotopic (exact) mass is 377 g/mol. The molecule has 6 heteroatoms. The Hall–Kier alpha value is -1.87. The molecule has 1 unspecified atom stereocenters. The van der Waals surface area contributed by atoms with E-state index in [-0.39, 0.29) is 12.4 Å². The summed E-state index contributed by atoms with van der Waals surface area (Å²) < 4.78 is 7.95. The van der Waals surface area contributed by atoms with Gasteiger partial charge in [-0.2, -0.15) is 10.4 Å². The van der Waals surface area contributed by atoms with E-state index < -0.39 is 11.1 Å². The SMILES string of the molecule is CC(C)(C)OC(=O)CCC(C)(C#N)n1ncc2cc(Br)ccc21. The molecule has 122 valence electrons. The summed E-state index contributed by atoms with van der Waals surface area (Å²) >= 11 is 3.42. The number of esters is 1. The largest absolute Gasteiger partial charge is 0.460 e. The molecular weight excluding hydrogens is 358 g/mol. The Kier molecular flexibility index (Phi) is 4.81. The second kappa shape index (κ2) is 6.32. The van der Waals surface area contributed by atoms with Crippen LogP contribution in [0, 0.1) is 11.3 Å². The van der Waals surface area contributed by atoms with Crippen LogP contribution in [0.3, 0.4) is 0 Å². The van der Waals surface area contributed by atoms with Gasteiger partial charge in [0.1, 0.15) is 11.1 Å². The molecule has 0 bridgehead atoms. The predicted octanol–water partition coefficient (Wildman–Crippen LogP) is 4.16. The second-order valence-electron chi connectivity index (χ2n) is 6.73. The number of benzene rings is 1. The third-order valence-electron chi connectivity index (χ3n) is 3.47. The number of hydrogen-bond donors (Lipinski definition) is 0. The molecule has 1 aromatic carbocycles. The first kappa shape index (κ1) is 17.5. The Balaban J connectivity index is 2.23. The smallest absolute Gasteiger partial charge is 0.306 e. The number of rotatable bonds is 4. The van der Waals surface area contributed by atoms with E-state index in [9.17, 15) is 10.1 Å². The average Bonchev–Trinajstić information content (AvgIpc) is 2.86. The number of nitriles is 1. The van der Waals surface area contributed by atoms with Crippen molar-refractivity contribution in [1.82, 2.24) is 9.78 Å². The maximum Gasteiger partial charge on any atom is 0.306 e. The van der Waals surface area contributed by atoms with Crippen LogP contribution in [0.5, 0.6) is 0 Å². The van der Waals surface area contributed by atoms with E-state index in [0.717, 1.165) is 15.4 Å². The molecule has 1 heterocycles. The van der Waals surface area contributed by atoms with Crippen LogP contribution in [0.25, 0.3) is 10.9 Å². The topological polar surface area (TPSA) is 67.9 Å². The lowest BCUT2D eigenvalue weighted by Gasteiger charge is -2.24. The molecule has 0 fully saturated rings. The van der Waals surface area contributed by atoms with Crippen LogP contribution in [0.1, 0.15) is 40.5 Å². The molecule has 0 amide bonds. The molecule has 1 aromatic heterocycles. The van der Waals surface area contributed by atoms with E-state index in [1.165, 1.54) is 0 Å². The van der Waals surface area contributed by atoms with Gasteiger partial charge in [0.05, 0.1) is 17.8 Å². The minimum absolute atomic E-state index is 0.166. The summed E-state index contributed by atoms with van der Waals surface area (Å²) in [5, 5.41) is 14.9. The summed E-state index contributed by atoms with van der Waals surface area (Å²) in [6, 6.07) is 8.06. The van der Waals surface area contributed by atoms with Gasteiger partial charge in [0, 0.05) is 16.3 Å². The molecule has 0 aliphatic rings. The first-order valence-corrected chi connectivity index (χ1v) is 8.21. The number of carbonyl (C=O) groups excluding carboxylic acids is 1. The van der Waals surface area contributed by atoms with Crippen molar-refractivity contribution in [1.29, 1.82) is 5.26 Å². The van der Waals surface area contributed by atoms with Crippen LogP contribution < -0.4 is 0 Å². The zero-order chi connectivity index (χ0) is 17.3. The molecule has 1 atom stereocenters. The van der Waals surface area contributed by atoms with Gasteiger partial charge in [-0.05, 0) is 52.3 Å². The van der Waals surface area contributed by atoms with Gasteiger partial charge in [-0.15, -0.1) is 0 Å². The number of carbonyl (C=O) groups is 1. The summed E-state index contributed by atoms with van der Waals surface area (Å²) in [4.78, 5) is 11.9. The highest BCUT2D eigenvalue weighted by molar-refractivity contribution is 9.10. The Morgan fingerprint density at radius 2 is 2.09 bits per heavy atom. The maximum atomic E-state index is 11.9. The van der Waals surface area contributed by atoms with Crippen molar-refractivity contribution in [2.75, 3.05) is 0 Å². The summed E-state index contributed by atoms with van der Waals surface area (Å²) in [6.45, 7) is 7.26. The van der Waals surface area contributed by atoms with Gasteiger partial charge in [-0.25, -0.2) is 4.68 Å². The normalized spacial score (nSPS) is 14.3. The Morgan fingerprint density at radius 1 is 1.39 bits per heavy atom. The van der Waals surface area contributed by atoms with Gasteiger partial charge in [0.25, 0.3) is 0 Å². The van der Waals surface area contributed by atoms with Crippen LogP contribution in [0.4, 0.5) is 0 Å². The first-order chi connectivity index (χ1) is 10.6. The average molecular weight is 378 g/mol. The number of nitrogens with zero attached hydrogens (tertiary/aromatic N) is 3. The molecule has 0 saturated carbocycles. The Bertz CT molecular complexity index is 770. The lowest BCUT2D eigenvalue weighted by Crippen LogP contribution is -2.31. The van der Waals surface area contributed by atoms with Crippen molar-refractivity contribution < 1.29 is 9.53 Å². The van der Waals surface area contributed by atoms with E-state index in [1.807, 2.05) is 39.0 Å². The molecule has 0 aliphatic carbocycles. The van der Waals surface area contributed by atoms with Crippen molar-refractivity contribution >= 4 is 32.8 Å². The van der Waals surface area contributed by atoms with Crippen molar-refractivity contribution in [3.8, 4) is 6.07 Å². The fraction of sp³-hybridized carbons (Fsp3) is 0.471. The standard InChI is InChI=1S/C17H20BrN3O2/c1-16(2,3)23-15(22)7-8-17(4,11-19)21-14-6-5-13(18)9-12(14)10-20-21/h5-6,9-10H,7-8H2,1-4H3. The fourth-order valence-corrected chi connectivity index (χ4v) is 2.72. The lowest BCUT2D eigenvalue weighted by molar-refractivity contribution is -0.155. The number of aromatic nitrogens is 2. The quantitative estimate of drug-likeness (QED) is 0.750. The highest BCUT2D eigenvalue weighted by atomic mass is 79.9. The van der Waals surface area contributed by atoms with Crippen LogP contribution in [-0.2, 0) is 15.1 Å². The first-order valence-electron chi connectivity index (χ1n) is 7.41. The van der Waals surface area contributed by atoms with E-state index in [2.05, 4.69) is 27.1 Å². The second-order valence-corrected chi connectivity index (χ2v) is 7.65. The molecule has 23 heavy (non-hydrogen) atoms. The van der Waals surface area contributed by atoms with Crippen LogP contribution in [0.2, 0.25) is 0 Å². The van der Waals surface area contributed by atoms with Gasteiger partial charge >= 0.3 is 5.97 Å². The Labute approximate surface area is 144 Å². The van der Waals surface area contributed by atoms with E-state index in [1.54, 1.807) is 17.8 Å². The van der Waals surface area contributed by atoms with Gasteiger partial charge in [0.15, 0.2) is 0 Å². The van der Waals surface area contributed by atoms with Crippen molar-refractivity contribution in [3.05, 3.63) is 28.9 Å². The van der Waals surface area contributed by atoms with Crippen molar-refractivity contribution in [3.63, 3.8) is 0 Å². The van der Waals surface area contributed by atoms with Gasteiger partial charge in [-0.3, -0.25) is 4.79 Å². The highest BCUT2D eigenvalue weighted by Gasteiger charge is 2.30. The van der Waals surface area contributed by atoms with E-state index >= 15 is 0 Å². The third-order valence-corrected chi connectivity index (χ3v) is 3.97. The van der Waals surface area contributed by atoms with Gasteiger partial charge in [-0.1, -0.05) is 15.9 Å². The van der Waals surface area contributed by atoms with Crippen LogP contribution in [0.15, 0.2) is 28.9 Å². The van der Waals surface area contributed by atoms with Crippen molar-refractivity contribution in [2.24, 2.45) is 0 Å². The predicted molar refractivity (Wildman–Crippen MR) is 91.8 cm³/mol. The molecule has 0 saturated heterocycles. The zero-order valence-electron chi connectivity index (χ0n) is 13.8. The molecule has 0 radical (unpaired) electrons. The van der Waals surface area contributed by atoms with Gasteiger partial charge < -0.3 is 4.74 Å². The zero-order valence-corrected chi connectivity index (χ0v) is 15.3. The summed E-state index contributed by atoms with van der Waals surface area (Å²) in [6.07, 6.45) is 2.23. The Morgan fingerprint density at radius 3 is 2.70 bits per heavy atom.